The third kappa shape index (κ3) is 6.70. The molecule has 2 bridgehead atoms. The molecule has 3 heterocycles. The summed E-state index contributed by atoms with van der Waals surface area (Å²) in [7, 11) is 0. The van der Waals surface area contributed by atoms with E-state index in [0.29, 0.717) is 30.5 Å². The Morgan fingerprint density at radius 2 is 1.81 bits per heavy atom. The summed E-state index contributed by atoms with van der Waals surface area (Å²) in [5.74, 6) is -3.76. The van der Waals surface area contributed by atoms with Gasteiger partial charge in [0.1, 0.15) is 17.7 Å². The number of anilines is 1. The maximum Gasteiger partial charge on any atom is 0.313 e. The second kappa shape index (κ2) is 15.7. The zero-order valence-corrected chi connectivity index (χ0v) is 31.1. The SMILES string of the molecule is C=CCCC(=O)N[C@H](C)[C@@H](OC(=O)[C@@H]1[C@H]2O[C@@]3(CC2Br)[C@H](C(=O)N(CC=C)c2ccc4ccccc4c2)N([C@@H](CC)CO)C(=O)[C@@H]13)c1ccccc1. The summed E-state index contributed by atoms with van der Waals surface area (Å²) in [5.41, 5.74) is -0.0696. The van der Waals surface area contributed by atoms with Gasteiger partial charge in [-0.1, -0.05) is 95.7 Å². The number of allylic oxidation sites excluding steroid dienone is 1. The van der Waals surface area contributed by atoms with Crippen LogP contribution in [0.1, 0.15) is 51.2 Å². The van der Waals surface area contributed by atoms with Crippen LogP contribution >= 0.6 is 15.9 Å². The van der Waals surface area contributed by atoms with Crippen LogP contribution in [0.2, 0.25) is 0 Å². The number of rotatable bonds is 15. The molecule has 0 radical (unpaired) electrons. The predicted octanol–water partition coefficient (Wildman–Crippen LogP) is 5.63. The average molecular weight is 773 g/mol. The van der Waals surface area contributed by atoms with Crippen molar-refractivity contribution < 1.29 is 33.8 Å². The molecular weight excluding hydrogens is 726 g/mol. The Morgan fingerprint density at radius 3 is 2.48 bits per heavy atom. The van der Waals surface area contributed by atoms with Gasteiger partial charge >= 0.3 is 5.97 Å². The van der Waals surface area contributed by atoms with Crippen LogP contribution < -0.4 is 10.2 Å². The number of hydrogen-bond donors (Lipinski definition) is 2. The quantitative estimate of drug-likeness (QED) is 0.117. The van der Waals surface area contributed by atoms with E-state index in [-0.39, 0.29) is 36.2 Å². The maximum absolute atomic E-state index is 15.0. The van der Waals surface area contributed by atoms with Crippen molar-refractivity contribution in [2.45, 2.75) is 80.3 Å². The summed E-state index contributed by atoms with van der Waals surface area (Å²) in [4.78, 5) is 59.7. The summed E-state index contributed by atoms with van der Waals surface area (Å²) in [6.45, 7) is 11.0. The Labute approximate surface area is 313 Å². The topological polar surface area (TPSA) is 125 Å². The van der Waals surface area contributed by atoms with E-state index in [9.17, 15) is 19.5 Å². The Bertz CT molecular complexity index is 1830. The molecule has 52 heavy (non-hydrogen) atoms. The molecule has 9 atom stereocenters. The number of carbonyl (C=O) groups is 4. The molecule has 274 valence electrons. The minimum atomic E-state index is -1.37. The average Bonchev–Trinajstić information content (AvgIpc) is 3.75. The first-order chi connectivity index (χ1) is 25.1. The van der Waals surface area contributed by atoms with Crippen LogP contribution in [0.3, 0.4) is 0 Å². The second-order valence-electron chi connectivity index (χ2n) is 13.9. The van der Waals surface area contributed by atoms with Crippen molar-refractivity contribution >= 4 is 56.1 Å². The minimum absolute atomic E-state index is 0.161. The molecule has 10 nitrogen and oxygen atoms in total. The Hall–Kier alpha value is -4.32. The third-order valence-corrected chi connectivity index (χ3v) is 11.6. The number of esters is 1. The molecular formula is C41H46BrN3O7. The molecule has 0 aromatic heterocycles. The van der Waals surface area contributed by atoms with E-state index in [1.165, 1.54) is 4.90 Å². The Kier molecular flexibility index (Phi) is 11.3. The van der Waals surface area contributed by atoms with Gasteiger partial charge in [0, 0.05) is 23.5 Å². The van der Waals surface area contributed by atoms with Crippen molar-refractivity contribution in [1.82, 2.24) is 10.2 Å². The lowest BCUT2D eigenvalue weighted by Crippen LogP contribution is -2.59. The number of alkyl halides is 1. The molecule has 3 aromatic rings. The minimum Gasteiger partial charge on any atom is -0.455 e. The van der Waals surface area contributed by atoms with Crippen LogP contribution in [-0.2, 0) is 28.7 Å². The third-order valence-electron chi connectivity index (χ3n) is 10.7. The van der Waals surface area contributed by atoms with Crippen LogP contribution in [0.4, 0.5) is 5.69 Å². The molecule has 6 rings (SSSR count). The molecule has 3 aliphatic rings. The van der Waals surface area contributed by atoms with Gasteiger partial charge in [0.25, 0.3) is 5.91 Å². The van der Waals surface area contributed by atoms with E-state index >= 15 is 4.79 Å². The number of benzene rings is 3. The summed E-state index contributed by atoms with van der Waals surface area (Å²) < 4.78 is 13.0. The number of nitrogens with zero attached hydrogens (tertiary/aromatic N) is 2. The van der Waals surface area contributed by atoms with Gasteiger partial charge in [-0.05, 0) is 54.7 Å². The summed E-state index contributed by atoms with van der Waals surface area (Å²) in [6.07, 6.45) is 3.09. The standard InChI is InChI=1S/C41H46BrN3O7/c1-5-8-18-32(47)43-25(4)35(27-15-10-9-11-16-27)51-40(50)33-34-38(48)45(29(7-3)24-46)37(41(34)23-31(42)36(33)52-41)39(49)44(21-6-2)30-20-19-26-14-12-13-17-28(26)22-30/h5-6,9-17,19-20,22,25,29,31,33-37,46H,1-2,7-8,18,21,23-24H2,3-4H3,(H,43,47)/t25-,29+,31?,33+,34-,35-,36+,37+,41-/m1/s1. The number of ether oxygens (including phenoxy) is 2. The fourth-order valence-corrected chi connectivity index (χ4v) is 9.25. The lowest BCUT2D eigenvalue weighted by atomic mass is 9.70. The molecule has 3 saturated heterocycles. The zero-order chi connectivity index (χ0) is 37.2. The first kappa shape index (κ1) is 37.4. The largest absolute Gasteiger partial charge is 0.455 e. The highest BCUT2D eigenvalue weighted by atomic mass is 79.9. The number of likely N-dealkylation sites (tertiary alicyclic amines) is 1. The number of carbonyl (C=O) groups excluding carboxylic acids is 4. The molecule has 3 fully saturated rings. The summed E-state index contributed by atoms with van der Waals surface area (Å²) in [6, 6.07) is 20.3. The van der Waals surface area contributed by atoms with Gasteiger partial charge in [0.15, 0.2) is 0 Å². The fourth-order valence-electron chi connectivity index (χ4n) is 8.31. The number of aliphatic hydroxyl groups is 1. The van der Waals surface area contributed by atoms with Crippen LogP contribution in [0.5, 0.6) is 0 Å². The van der Waals surface area contributed by atoms with Gasteiger partial charge in [-0.2, -0.15) is 0 Å². The van der Waals surface area contributed by atoms with E-state index < -0.39 is 59.6 Å². The predicted molar refractivity (Wildman–Crippen MR) is 203 cm³/mol. The van der Waals surface area contributed by atoms with Crippen LogP contribution in [-0.4, -0.2) is 81.5 Å². The van der Waals surface area contributed by atoms with E-state index in [1.807, 2.05) is 79.7 Å². The van der Waals surface area contributed by atoms with Gasteiger partial charge in [-0.3, -0.25) is 19.2 Å². The molecule has 11 heteroatoms. The van der Waals surface area contributed by atoms with Gasteiger partial charge in [0.05, 0.1) is 36.6 Å². The van der Waals surface area contributed by atoms with Crippen molar-refractivity contribution in [2.24, 2.45) is 11.8 Å². The van der Waals surface area contributed by atoms with Crippen molar-refractivity contribution in [3.05, 3.63) is 104 Å². The highest BCUT2D eigenvalue weighted by Crippen LogP contribution is 2.61. The molecule has 0 saturated carbocycles. The lowest BCUT2D eigenvalue weighted by molar-refractivity contribution is -0.162. The van der Waals surface area contributed by atoms with Crippen LogP contribution in [0, 0.1) is 11.8 Å². The molecule has 3 aromatic carbocycles. The van der Waals surface area contributed by atoms with Gasteiger partial charge in [-0.15, -0.1) is 13.2 Å². The van der Waals surface area contributed by atoms with Crippen molar-refractivity contribution in [2.75, 3.05) is 18.1 Å². The smallest absolute Gasteiger partial charge is 0.313 e. The number of nitrogens with one attached hydrogen (secondary N) is 1. The number of aliphatic hydroxyl groups excluding tert-OH is 1. The Balaban J connectivity index is 1.37. The number of hydrogen-bond acceptors (Lipinski definition) is 7. The molecule has 1 spiro atoms. The van der Waals surface area contributed by atoms with Crippen molar-refractivity contribution in [1.29, 1.82) is 0 Å². The van der Waals surface area contributed by atoms with Crippen LogP contribution in [0.25, 0.3) is 10.8 Å². The molecule has 3 aliphatic heterocycles. The molecule has 3 amide bonds. The Morgan fingerprint density at radius 1 is 1.10 bits per heavy atom. The molecule has 2 N–H and O–H groups in total. The monoisotopic (exact) mass is 771 g/mol. The highest BCUT2D eigenvalue weighted by Gasteiger charge is 2.77. The maximum atomic E-state index is 15.0. The highest BCUT2D eigenvalue weighted by molar-refractivity contribution is 9.09. The molecule has 1 unspecified atom stereocenters. The lowest BCUT2D eigenvalue weighted by Gasteiger charge is -2.39. The van der Waals surface area contributed by atoms with E-state index in [0.717, 1.165) is 10.8 Å². The normalized spacial score (nSPS) is 26.3. The number of amides is 3. The first-order valence-electron chi connectivity index (χ1n) is 17.9. The van der Waals surface area contributed by atoms with E-state index in [4.69, 9.17) is 9.47 Å². The van der Waals surface area contributed by atoms with E-state index in [1.54, 1.807) is 24.0 Å². The van der Waals surface area contributed by atoms with Gasteiger partial charge in [-0.25, -0.2) is 0 Å². The van der Waals surface area contributed by atoms with E-state index in [2.05, 4.69) is 34.4 Å². The summed E-state index contributed by atoms with van der Waals surface area (Å²) >= 11 is 3.74. The summed E-state index contributed by atoms with van der Waals surface area (Å²) in [5, 5.41) is 15.5. The molecule has 0 aliphatic carbocycles. The first-order valence-corrected chi connectivity index (χ1v) is 18.8. The van der Waals surface area contributed by atoms with Gasteiger partial charge < -0.3 is 29.7 Å². The fraction of sp³-hybridized carbons (Fsp3) is 0.415. The number of halogens is 1. The van der Waals surface area contributed by atoms with Crippen LogP contribution in [0.15, 0.2) is 98.1 Å². The number of fused-ring (bicyclic) bond motifs is 2. The van der Waals surface area contributed by atoms with Crippen molar-refractivity contribution in [3.63, 3.8) is 0 Å². The van der Waals surface area contributed by atoms with Gasteiger partial charge in [0.2, 0.25) is 11.8 Å². The zero-order valence-electron chi connectivity index (χ0n) is 29.5. The van der Waals surface area contributed by atoms with Crippen molar-refractivity contribution in [3.8, 4) is 0 Å². The second-order valence-corrected chi connectivity index (χ2v) is 15.1.